The van der Waals surface area contributed by atoms with Crippen molar-refractivity contribution in [2.45, 2.75) is 65.5 Å². The minimum absolute atomic E-state index is 0.0818. The fourth-order valence-corrected chi connectivity index (χ4v) is 4.23. The second kappa shape index (κ2) is 5.94. The Labute approximate surface area is 125 Å². The largest absolute Gasteiger partial charge is 0.377 e. The monoisotopic (exact) mass is 282 g/mol. The third-order valence-electron chi connectivity index (χ3n) is 6.09. The molecule has 3 nitrogen and oxygen atoms in total. The van der Waals surface area contributed by atoms with E-state index in [1.807, 2.05) is 0 Å². The van der Waals surface area contributed by atoms with E-state index in [1.54, 1.807) is 0 Å². The maximum atomic E-state index is 6.91. The number of fused-ring (bicyclic) bond motifs is 1. The summed E-state index contributed by atoms with van der Waals surface area (Å²) in [5, 5.41) is 0. The highest BCUT2D eigenvalue weighted by Gasteiger charge is 2.66. The van der Waals surface area contributed by atoms with Gasteiger partial charge in [0.15, 0.2) is 0 Å². The summed E-state index contributed by atoms with van der Waals surface area (Å²) < 4.78 is 6.01. The quantitative estimate of drug-likeness (QED) is 0.814. The molecule has 2 rings (SSSR count). The molecule has 1 saturated carbocycles. The molecular weight excluding hydrogens is 248 g/mol. The highest BCUT2D eigenvalue weighted by molar-refractivity contribution is 5.20. The van der Waals surface area contributed by atoms with Crippen molar-refractivity contribution in [1.29, 1.82) is 0 Å². The zero-order valence-corrected chi connectivity index (χ0v) is 14.1. The van der Waals surface area contributed by atoms with Gasteiger partial charge in [-0.1, -0.05) is 41.0 Å². The Morgan fingerprint density at radius 2 is 2.05 bits per heavy atom. The molecule has 1 aliphatic heterocycles. The van der Waals surface area contributed by atoms with Crippen LogP contribution >= 0.6 is 0 Å². The number of hydrogen-bond acceptors (Lipinski definition) is 3. The second-order valence-corrected chi connectivity index (χ2v) is 7.64. The van der Waals surface area contributed by atoms with E-state index in [0.29, 0.717) is 12.0 Å². The summed E-state index contributed by atoms with van der Waals surface area (Å²) in [4.78, 5) is 2.56. The van der Waals surface area contributed by atoms with Gasteiger partial charge in [0, 0.05) is 36.6 Å². The van der Waals surface area contributed by atoms with E-state index >= 15 is 0 Å². The van der Waals surface area contributed by atoms with Crippen LogP contribution in [0.1, 0.15) is 53.9 Å². The highest BCUT2D eigenvalue weighted by atomic mass is 16.5. The molecule has 1 saturated heterocycles. The molecule has 1 heterocycles. The molecule has 3 heteroatoms. The topological polar surface area (TPSA) is 38.5 Å². The number of nitrogens with two attached hydrogens (primary N) is 1. The van der Waals surface area contributed by atoms with Crippen molar-refractivity contribution in [1.82, 2.24) is 4.90 Å². The lowest BCUT2D eigenvalue weighted by Gasteiger charge is -2.67. The van der Waals surface area contributed by atoms with Crippen LogP contribution in [0.2, 0.25) is 0 Å². The molecule has 0 bridgehead atoms. The Bertz CT molecular complexity index is 331. The zero-order valence-electron chi connectivity index (χ0n) is 14.1. The number of rotatable bonds is 6. The van der Waals surface area contributed by atoms with Crippen LogP contribution in [0, 0.1) is 17.3 Å². The van der Waals surface area contributed by atoms with Crippen LogP contribution in [0.3, 0.4) is 0 Å². The summed E-state index contributed by atoms with van der Waals surface area (Å²) in [5.74, 6) is 1.30. The van der Waals surface area contributed by atoms with Gasteiger partial charge in [-0.3, -0.25) is 0 Å². The molecule has 1 aliphatic carbocycles. The molecule has 20 heavy (non-hydrogen) atoms. The number of hydrogen-bond donors (Lipinski definition) is 1. The van der Waals surface area contributed by atoms with Gasteiger partial charge in [0.2, 0.25) is 0 Å². The fraction of sp³-hybridized carbons (Fsp3) is 1.00. The first kappa shape index (κ1) is 16.3. The lowest BCUT2D eigenvalue weighted by molar-refractivity contribution is -0.232. The average molecular weight is 282 g/mol. The lowest BCUT2D eigenvalue weighted by Crippen LogP contribution is -2.80. The van der Waals surface area contributed by atoms with Crippen molar-refractivity contribution in [2.24, 2.45) is 23.0 Å². The summed E-state index contributed by atoms with van der Waals surface area (Å²) in [6, 6.07) is 0. The summed E-state index contributed by atoms with van der Waals surface area (Å²) in [6.07, 6.45) is 4.04. The van der Waals surface area contributed by atoms with Gasteiger partial charge in [-0.05, 0) is 25.3 Å². The van der Waals surface area contributed by atoms with Crippen LogP contribution in [-0.2, 0) is 4.74 Å². The van der Waals surface area contributed by atoms with Crippen LogP contribution in [0.15, 0.2) is 0 Å². The van der Waals surface area contributed by atoms with Crippen molar-refractivity contribution in [3.63, 3.8) is 0 Å². The summed E-state index contributed by atoms with van der Waals surface area (Å²) in [7, 11) is 0. The SMILES string of the molecule is CCC(C)CN(CC)CC1(N)C2CCCOC2C1(C)C. The summed E-state index contributed by atoms with van der Waals surface area (Å²) >= 11 is 0. The van der Waals surface area contributed by atoms with Gasteiger partial charge in [0.05, 0.1) is 6.10 Å². The van der Waals surface area contributed by atoms with Crippen molar-refractivity contribution in [3.05, 3.63) is 0 Å². The van der Waals surface area contributed by atoms with E-state index in [9.17, 15) is 0 Å². The van der Waals surface area contributed by atoms with Gasteiger partial charge in [-0.2, -0.15) is 0 Å². The van der Waals surface area contributed by atoms with Crippen molar-refractivity contribution in [3.8, 4) is 0 Å². The van der Waals surface area contributed by atoms with E-state index in [-0.39, 0.29) is 11.0 Å². The van der Waals surface area contributed by atoms with Gasteiger partial charge in [-0.15, -0.1) is 0 Å². The van der Waals surface area contributed by atoms with Crippen LogP contribution in [-0.4, -0.2) is 42.8 Å². The van der Waals surface area contributed by atoms with Gasteiger partial charge >= 0.3 is 0 Å². The fourth-order valence-electron chi connectivity index (χ4n) is 4.23. The molecule has 0 radical (unpaired) electrons. The van der Waals surface area contributed by atoms with Crippen molar-refractivity contribution < 1.29 is 4.74 Å². The molecule has 4 atom stereocenters. The predicted molar refractivity (Wildman–Crippen MR) is 84.7 cm³/mol. The Hall–Kier alpha value is -0.120. The second-order valence-electron chi connectivity index (χ2n) is 7.64. The maximum Gasteiger partial charge on any atom is 0.0690 e. The Morgan fingerprint density at radius 3 is 2.65 bits per heavy atom. The zero-order chi connectivity index (χ0) is 15.0. The Morgan fingerprint density at radius 1 is 1.35 bits per heavy atom. The summed E-state index contributed by atoms with van der Waals surface area (Å²) in [5.41, 5.74) is 6.92. The van der Waals surface area contributed by atoms with Crippen LogP contribution < -0.4 is 5.73 Å². The lowest BCUT2D eigenvalue weighted by atomic mass is 9.46. The normalized spacial score (nSPS) is 37.4. The highest BCUT2D eigenvalue weighted by Crippen LogP contribution is 2.57. The molecular formula is C17H34N2O. The first-order chi connectivity index (χ1) is 9.36. The third-order valence-corrected chi connectivity index (χ3v) is 6.09. The van der Waals surface area contributed by atoms with E-state index < -0.39 is 0 Å². The van der Waals surface area contributed by atoms with Crippen molar-refractivity contribution >= 4 is 0 Å². The minimum Gasteiger partial charge on any atom is -0.377 e. The predicted octanol–water partition coefficient (Wildman–Crippen LogP) is 2.89. The van der Waals surface area contributed by atoms with E-state index in [1.165, 1.54) is 25.8 Å². The van der Waals surface area contributed by atoms with Crippen LogP contribution in [0.25, 0.3) is 0 Å². The van der Waals surface area contributed by atoms with E-state index in [4.69, 9.17) is 10.5 Å². The standard InChI is InChI=1S/C17H34N2O/c1-6-13(3)11-19(7-2)12-17(18)14-9-8-10-20-15(14)16(17,4)5/h13-15H,6-12,18H2,1-5H3. The third kappa shape index (κ3) is 2.53. The molecule has 118 valence electrons. The van der Waals surface area contributed by atoms with Gasteiger partial charge in [0.25, 0.3) is 0 Å². The molecule has 0 aromatic rings. The molecule has 0 aromatic carbocycles. The number of likely N-dealkylation sites (N-methyl/N-ethyl adjacent to an activating group) is 1. The molecule has 0 spiro atoms. The molecule has 0 amide bonds. The van der Waals surface area contributed by atoms with E-state index in [0.717, 1.165) is 25.6 Å². The molecule has 2 fully saturated rings. The first-order valence-corrected chi connectivity index (χ1v) is 8.49. The molecule has 2 N–H and O–H groups in total. The Balaban J connectivity index is 2.05. The minimum atomic E-state index is -0.0818. The van der Waals surface area contributed by atoms with Crippen molar-refractivity contribution in [2.75, 3.05) is 26.2 Å². The average Bonchev–Trinajstić information content (AvgIpc) is 2.46. The number of nitrogens with zero attached hydrogens (tertiary/aromatic N) is 1. The molecule has 0 aromatic heterocycles. The molecule has 2 aliphatic rings. The van der Waals surface area contributed by atoms with Gasteiger partial charge in [-0.25, -0.2) is 0 Å². The first-order valence-electron chi connectivity index (χ1n) is 8.49. The smallest absolute Gasteiger partial charge is 0.0690 e. The molecule has 4 unspecified atom stereocenters. The summed E-state index contributed by atoms with van der Waals surface area (Å²) in [6.45, 7) is 15.7. The van der Waals surface area contributed by atoms with Crippen LogP contribution in [0.5, 0.6) is 0 Å². The van der Waals surface area contributed by atoms with Gasteiger partial charge in [0.1, 0.15) is 0 Å². The number of ether oxygens (including phenoxy) is 1. The maximum absolute atomic E-state index is 6.91. The van der Waals surface area contributed by atoms with Crippen LogP contribution in [0.4, 0.5) is 0 Å². The van der Waals surface area contributed by atoms with Gasteiger partial charge < -0.3 is 15.4 Å². The van der Waals surface area contributed by atoms with E-state index in [2.05, 4.69) is 39.5 Å². The Kier molecular flexibility index (Phi) is 4.83.